The second kappa shape index (κ2) is 4.57. The number of ether oxygens (including phenoxy) is 2. The topological polar surface area (TPSA) is 97.5 Å². The lowest BCUT2D eigenvalue weighted by Gasteiger charge is -2.08. The van der Waals surface area contributed by atoms with E-state index >= 15 is 0 Å². The normalized spacial score (nSPS) is 13.2. The molecule has 2 N–H and O–H groups in total. The van der Waals surface area contributed by atoms with E-state index in [0.717, 1.165) is 12.3 Å². The molecule has 0 atom stereocenters. The van der Waals surface area contributed by atoms with Crippen molar-refractivity contribution in [2.75, 3.05) is 11.5 Å². The van der Waals surface area contributed by atoms with E-state index in [9.17, 15) is 13.2 Å². The van der Waals surface area contributed by atoms with Crippen molar-refractivity contribution < 1.29 is 17.9 Å². The number of aromatic nitrogens is 1. The van der Waals surface area contributed by atoms with E-state index in [2.05, 4.69) is 9.71 Å². The van der Waals surface area contributed by atoms with Gasteiger partial charge in [-0.3, -0.25) is 9.52 Å². The fraction of sp³-hybridized carbons (Fsp3) is 0.0833. The maximum Gasteiger partial charge on any atom is 0.263 e. The zero-order chi connectivity index (χ0) is 14.2. The van der Waals surface area contributed by atoms with Gasteiger partial charge in [-0.1, -0.05) is 0 Å². The van der Waals surface area contributed by atoms with Crippen LogP contribution in [0, 0.1) is 0 Å². The first-order valence-electron chi connectivity index (χ1n) is 5.66. The highest BCUT2D eigenvalue weighted by molar-refractivity contribution is 7.92. The van der Waals surface area contributed by atoms with Gasteiger partial charge in [0.25, 0.3) is 10.0 Å². The van der Waals surface area contributed by atoms with Gasteiger partial charge in [0.2, 0.25) is 12.4 Å². The van der Waals surface area contributed by atoms with Gasteiger partial charge in [-0.05, 0) is 18.2 Å². The van der Waals surface area contributed by atoms with Crippen LogP contribution in [0.1, 0.15) is 0 Å². The molecule has 0 fully saturated rings. The molecular formula is C12H10N2O5S. The molecule has 0 amide bonds. The van der Waals surface area contributed by atoms with Gasteiger partial charge < -0.3 is 14.5 Å². The van der Waals surface area contributed by atoms with Crippen molar-refractivity contribution in [2.24, 2.45) is 0 Å². The van der Waals surface area contributed by atoms with Crippen LogP contribution in [0.15, 0.2) is 46.2 Å². The standard InChI is InChI=1S/C12H10N2O5S/c15-12-4-2-9(6-13-12)20(16,17)14-8-1-3-10-11(5-8)19-7-18-10/h1-6,14H,7H2,(H,13,15). The molecule has 0 aliphatic carbocycles. The number of anilines is 1. The molecule has 1 aliphatic heterocycles. The molecule has 2 aromatic rings. The number of nitrogens with one attached hydrogen (secondary N) is 2. The zero-order valence-electron chi connectivity index (χ0n) is 10.1. The summed E-state index contributed by atoms with van der Waals surface area (Å²) in [6, 6.07) is 7.09. The summed E-state index contributed by atoms with van der Waals surface area (Å²) < 4.78 is 36.9. The Morgan fingerprint density at radius 3 is 2.65 bits per heavy atom. The van der Waals surface area contributed by atoms with Crippen LogP contribution in [0.5, 0.6) is 11.5 Å². The largest absolute Gasteiger partial charge is 0.454 e. The number of H-pyrrole nitrogens is 1. The highest BCUT2D eigenvalue weighted by atomic mass is 32.2. The van der Waals surface area contributed by atoms with E-state index in [1.54, 1.807) is 12.1 Å². The van der Waals surface area contributed by atoms with Crippen molar-refractivity contribution >= 4 is 15.7 Å². The molecule has 0 unspecified atom stereocenters. The Morgan fingerprint density at radius 2 is 1.90 bits per heavy atom. The van der Waals surface area contributed by atoms with Gasteiger partial charge in [-0.15, -0.1) is 0 Å². The van der Waals surface area contributed by atoms with Crippen LogP contribution in [-0.2, 0) is 10.0 Å². The number of sulfonamides is 1. The number of rotatable bonds is 3. The molecule has 104 valence electrons. The lowest BCUT2D eigenvalue weighted by Crippen LogP contribution is -2.15. The maximum atomic E-state index is 12.1. The Morgan fingerprint density at radius 1 is 1.10 bits per heavy atom. The van der Waals surface area contributed by atoms with Crippen molar-refractivity contribution in [3.8, 4) is 11.5 Å². The van der Waals surface area contributed by atoms with Crippen molar-refractivity contribution in [1.29, 1.82) is 0 Å². The van der Waals surface area contributed by atoms with E-state index in [4.69, 9.17) is 9.47 Å². The van der Waals surface area contributed by atoms with Crippen LogP contribution in [-0.4, -0.2) is 20.2 Å². The highest BCUT2D eigenvalue weighted by Crippen LogP contribution is 2.34. The summed E-state index contributed by atoms with van der Waals surface area (Å²) in [7, 11) is -3.76. The van der Waals surface area contributed by atoms with Crippen LogP contribution in [0.2, 0.25) is 0 Å². The molecule has 20 heavy (non-hydrogen) atoms. The molecule has 0 spiro atoms. The summed E-state index contributed by atoms with van der Waals surface area (Å²) in [5.41, 5.74) is -0.0209. The lowest BCUT2D eigenvalue weighted by molar-refractivity contribution is 0.174. The molecule has 0 saturated carbocycles. The van der Waals surface area contributed by atoms with Gasteiger partial charge in [0.1, 0.15) is 4.90 Å². The molecule has 8 heteroatoms. The lowest BCUT2D eigenvalue weighted by atomic mass is 10.3. The Hall–Kier alpha value is -2.48. The summed E-state index contributed by atoms with van der Waals surface area (Å²) in [4.78, 5) is 13.2. The van der Waals surface area contributed by atoms with E-state index in [-0.39, 0.29) is 17.2 Å². The first kappa shape index (κ1) is 12.5. The number of benzene rings is 1. The summed E-state index contributed by atoms with van der Waals surface area (Å²) >= 11 is 0. The molecular weight excluding hydrogens is 284 g/mol. The van der Waals surface area contributed by atoms with E-state index in [1.807, 2.05) is 0 Å². The van der Waals surface area contributed by atoms with Crippen LogP contribution in [0.3, 0.4) is 0 Å². The minimum atomic E-state index is -3.76. The number of hydrogen-bond acceptors (Lipinski definition) is 5. The van der Waals surface area contributed by atoms with Crippen molar-refractivity contribution in [3.63, 3.8) is 0 Å². The fourth-order valence-corrected chi connectivity index (χ4v) is 2.75. The Bertz CT molecular complexity index is 792. The number of fused-ring (bicyclic) bond motifs is 1. The van der Waals surface area contributed by atoms with Crippen molar-refractivity contribution in [3.05, 3.63) is 46.9 Å². The summed E-state index contributed by atoms with van der Waals surface area (Å²) in [6.07, 6.45) is 1.14. The van der Waals surface area contributed by atoms with Gasteiger partial charge in [0, 0.05) is 18.3 Å². The third kappa shape index (κ3) is 2.32. The quantitative estimate of drug-likeness (QED) is 0.876. The molecule has 1 aromatic heterocycles. The number of hydrogen-bond donors (Lipinski definition) is 2. The predicted molar refractivity (Wildman–Crippen MR) is 70.4 cm³/mol. The molecule has 3 rings (SSSR count). The third-order valence-electron chi connectivity index (χ3n) is 2.69. The van der Waals surface area contributed by atoms with E-state index in [1.165, 1.54) is 12.1 Å². The fourth-order valence-electron chi connectivity index (χ4n) is 1.74. The second-order valence-electron chi connectivity index (χ2n) is 4.06. The second-order valence-corrected chi connectivity index (χ2v) is 5.74. The molecule has 7 nitrogen and oxygen atoms in total. The Balaban J connectivity index is 1.90. The predicted octanol–water partition coefficient (Wildman–Crippen LogP) is 0.904. The molecule has 0 saturated heterocycles. The van der Waals surface area contributed by atoms with Crippen LogP contribution < -0.4 is 19.8 Å². The van der Waals surface area contributed by atoms with Crippen LogP contribution in [0.25, 0.3) is 0 Å². The van der Waals surface area contributed by atoms with Gasteiger partial charge in [-0.25, -0.2) is 8.42 Å². The molecule has 0 bridgehead atoms. The average molecular weight is 294 g/mol. The number of aromatic amines is 1. The summed E-state index contributed by atoms with van der Waals surface area (Å²) in [5, 5.41) is 0. The van der Waals surface area contributed by atoms with Crippen molar-refractivity contribution in [2.45, 2.75) is 4.90 Å². The minimum Gasteiger partial charge on any atom is -0.454 e. The van der Waals surface area contributed by atoms with Gasteiger partial charge in [0.05, 0.1) is 5.69 Å². The summed E-state index contributed by atoms with van der Waals surface area (Å²) in [6.45, 7) is 0.117. The van der Waals surface area contributed by atoms with Gasteiger partial charge >= 0.3 is 0 Å². The molecule has 2 heterocycles. The monoisotopic (exact) mass is 294 g/mol. The first-order valence-corrected chi connectivity index (χ1v) is 7.14. The van der Waals surface area contributed by atoms with Gasteiger partial charge in [-0.2, -0.15) is 0 Å². The first-order chi connectivity index (χ1) is 9.54. The molecule has 0 radical (unpaired) electrons. The zero-order valence-corrected chi connectivity index (χ0v) is 10.9. The third-order valence-corrected chi connectivity index (χ3v) is 4.07. The molecule has 1 aliphatic rings. The van der Waals surface area contributed by atoms with E-state index < -0.39 is 10.0 Å². The number of pyridine rings is 1. The minimum absolute atomic E-state index is 0.0326. The smallest absolute Gasteiger partial charge is 0.263 e. The SMILES string of the molecule is O=c1ccc(S(=O)(=O)Nc2ccc3c(c2)OCO3)c[nH]1. The maximum absolute atomic E-state index is 12.1. The van der Waals surface area contributed by atoms with Crippen molar-refractivity contribution in [1.82, 2.24) is 4.98 Å². The van der Waals surface area contributed by atoms with Gasteiger partial charge in [0.15, 0.2) is 11.5 Å². The van der Waals surface area contributed by atoms with E-state index in [0.29, 0.717) is 17.2 Å². The Kier molecular flexibility index (Phi) is 2.87. The molecule has 1 aromatic carbocycles. The van der Waals surface area contributed by atoms with Crippen LogP contribution in [0.4, 0.5) is 5.69 Å². The summed E-state index contributed by atoms with van der Waals surface area (Å²) in [5.74, 6) is 1.05. The highest BCUT2D eigenvalue weighted by Gasteiger charge is 2.17. The average Bonchev–Trinajstić information content (AvgIpc) is 2.86. The van der Waals surface area contributed by atoms with Crippen LogP contribution >= 0.6 is 0 Å². The Labute approximate surface area is 114 Å².